The van der Waals surface area contributed by atoms with Crippen LogP contribution in [-0.2, 0) is 4.74 Å². The molecule has 0 spiro atoms. The molecule has 186 valence electrons. The van der Waals surface area contributed by atoms with Crippen LogP contribution in [0.1, 0.15) is 72.7 Å². The number of aromatic nitrogens is 5. The maximum Gasteiger partial charge on any atom is 0.261 e. The molecule has 2 atom stereocenters. The van der Waals surface area contributed by atoms with E-state index in [0.29, 0.717) is 46.7 Å². The first-order valence-electron chi connectivity index (χ1n) is 12.4. The number of ether oxygens (including phenoxy) is 1. The second-order valence-electron chi connectivity index (χ2n) is 9.88. The zero-order chi connectivity index (χ0) is 25.0. The second-order valence-corrected chi connectivity index (χ2v) is 10.3. The van der Waals surface area contributed by atoms with Crippen molar-refractivity contribution in [3.63, 3.8) is 0 Å². The highest BCUT2D eigenvalue weighted by Gasteiger charge is 2.30. The van der Waals surface area contributed by atoms with Gasteiger partial charge in [0.1, 0.15) is 11.5 Å². The summed E-state index contributed by atoms with van der Waals surface area (Å²) in [5.41, 5.74) is 3.68. The van der Waals surface area contributed by atoms with Gasteiger partial charge in [-0.25, -0.2) is 14.4 Å². The summed E-state index contributed by atoms with van der Waals surface area (Å²) < 4.78 is 24.7. The van der Waals surface area contributed by atoms with Crippen molar-refractivity contribution >= 4 is 17.2 Å². The largest absolute Gasteiger partial charge is 0.373 e. The van der Waals surface area contributed by atoms with Crippen molar-refractivity contribution < 1.29 is 9.13 Å². The van der Waals surface area contributed by atoms with Crippen LogP contribution in [0.25, 0.3) is 16.9 Å². The van der Waals surface area contributed by atoms with Crippen LogP contribution in [0.4, 0.5) is 4.39 Å². The lowest BCUT2D eigenvalue weighted by molar-refractivity contribution is 0.00449. The first-order valence-corrected chi connectivity index (χ1v) is 12.8. The number of hydrogen-bond acceptors (Lipinski definition) is 5. The molecule has 7 nitrogen and oxygen atoms in total. The van der Waals surface area contributed by atoms with Gasteiger partial charge in [0.25, 0.3) is 5.56 Å². The van der Waals surface area contributed by atoms with Crippen LogP contribution in [0.2, 0.25) is 5.02 Å². The normalized spacial score (nSPS) is 20.6. The summed E-state index contributed by atoms with van der Waals surface area (Å²) >= 11 is 6.00. The number of hydrogen-bond donors (Lipinski definition) is 0. The van der Waals surface area contributed by atoms with Gasteiger partial charge in [0.05, 0.1) is 24.0 Å². The molecule has 9 heteroatoms. The molecule has 2 fully saturated rings. The molecule has 0 unspecified atom stereocenters. The Balaban J connectivity index is 1.43. The predicted molar refractivity (Wildman–Crippen MR) is 135 cm³/mol. The van der Waals surface area contributed by atoms with E-state index < -0.39 is 5.82 Å². The fourth-order valence-corrected chi connectivity index (χ4v) is 5.24. The Morgan fingerprint density at radius 2 is 1.97 bits per heavy atom. The summed E-state index contributed by atoms with van der Waals surface area (Å²) in [6.07, 6.45) is 10.7. The van der Waals surface area contributed by atoms with Crippen LogP contribution >= 0.6 is 11.6 Å². The molecule has 4 aromatic rings. The Morgan fingerprint density at radius 1 is 1.14 bits per heavy atom. The van der Waals surface area contributed by atoms with Crippen LogP contribution in [0.3, 0.4) is 0 Å². The van der Waals surface area contributed by atoms with Gasteiger partial charge in [-0.15, -0.1) is 0 Å². The minimum absolute atomic E-state index is 0.0304. The summed E-state index contributed by atoms with van der Waals surface area (Å²) in [5, 5.41) is 4.86. The zero-order valence-electron chi connectivity index (χ0n) is 20.2. The molecule has 36 heavy (non-hydrogen) atoms. The predicted octanol–water partition coefficient (Wildman–Crippen LogP) is 5.72. The Labute approximate surface area is 212 Å². The molecule has 0 radical (unpaired) electrons. The van der Waals surface area contributed by atoms with E-state index in [-0.39, 0.29) is 23.1 Å². The molecule has 1 saturated heterocycles. The third kappa shape index (κ3) is 4.02. The smallest absolute Gasteiger partial charge is 0.261 e. The quantitative estimate of drug-likeness (QED) is 0.353. The first kappa shape index (κ1) is 23.3. The van der Waals surface area contributed by atoms with Crippen LogP contribution in [0.15, 0.2) is 41.6 Å². The van der Waals surface area contributed by atoms with E-state index in [2.05, 4.69) is 21.0 Å². The van der Waals surface area contributed by atoms with Gasteiger partial charge in [-0.2, -0.15) is 5.10 Å². The third-order valence-corrected chi connectivity index (χ3v) is 7.86. The van der Waals surface area contributed by atoms with Crippen LogP contribution in [0.5, 0.6) is 0 Å². The number of rotatable bonds is 4. The summed E-state index contributed by atoms with van der Waals surface area (Å²) in [5.74, 6) is -0.474. The standard InChI is InChI=1S/C27H27ClFN5O2/c1-15-16(2)31-26-25(21-7-6-19(28)11-22(21)29)32-23(14-33(26)27(15)35)17-8-9-36-24(10-17)18-12-30-34(13-18)20-4-3-5-20/h6-7,11-14,17,20,24H,3-5,8-10H2,1-2H3/t17-,24+/m0/s1. The number of benzene rings is 1. The molecule has 1 aliphatic heterocycles. The van der Waals surface area contributed by atoms with E-state index in [0.717, 1.165) is 17.7 Å². The van der Waals surface area contributed by atoms with E-state index in [1.807, 2.05) is 6.20 Å². The molecule has 6 rings (SSSR count). The van der Waals surface area contributed by atoms with Crippen molar-refractivity contribution in [2.75, 3.05) is 6.61 Å². The summed E-state index contributed by atoms with van der Waals surface area (Å²) in [6.45, 7) is 4.10. The van der Waals surface area contributed by atoms with E-state index in [1.54, 1.807) is 32.2 Å². The Hall–Kier alpha value is -3.10. The van der Waals surface area contributed by atoms with Gasteiger partial charge in [-0.3, -0.25) is 13.9 Å². The SMILES string of the molecule is Cc1nc2c(-c3ccc(Cl)cc3F)nc([C@H]3CCO[C@@H](c4cnn(C5CCC5)c4)C3)cn2c(=O)c1C. The minimum atomic E-state index is -0.505. The van der Waals surface area contributed by atoms with Gasteiger partial charge in [-0.05, 0) is 64.2 Å². The van der Waals surface area contributed by atoms with E-state index in [1.165, 1.54) is 29.7 Å². The van der Waals surface area contributed by atoms with Gasteiger partial charge in [0, 0.05) is 52.3 Å². The lowest BCUT2D eigenvalue weighted by atomic mass is 9.90. The molecular formula is C27H27ClFN5O2. The Morgan fingerprint density at radius 3 is 2.72 bits per heavy atom. The molecule has 1 aliphatic carbocycles. The van der Waals surface area contributed by atoms with Gasteiger partial charge < -0.3 is 4.74 Å². The van der Waals surface area contributed by atoms with E-state index in [4.69, 9.17) is 21.3 Å². The Kier molecular flexibility index (Phi) is 5.88. The van der Waals surface area contributed by atoms with Gasteiger partial charge in [-0.1, -0.05) is 11.6 Å². The highest BCUT2D eigenvalue weighted by atomic mass is 35.5. The number of halogens is 2. The van der Waals surface area contributed by atoms with Crippen molar-refractivity contribution in [1.82, 2.24) is 24.1 Å². The average molecular weight is 508 g/mol. The minimum Gasteiger partial charge on any atom is -0.373 e. The zero-order valence-corrected chi connectivity index (χ0v) is 21.0. The molecule has 2 aliphatic rings. The molecule has 1 saturated carbocycles. The fourth-order valence-electron chi connectivity index (χ4n) is 5.08. The van der Waals surface area contributed by atoms with Crippen LogP contribution in [0, 0.1) is 19.7 Å². The van der Waals surface area contributed by atoms with Gasteiger partial charge >= 0.3 is 0 Å². The molecule has 4 heterocycles. The van der Waals surface area contributed by atoms with E-state index >= 15 is 4.39 Å². The summed E-state index contributed by atoms with van der Waals surface area (Å²) in [6, 6.07) is 4.95. The highest BCUT2D eigenvalue weighted by Crippen LogP contribution is 2.39. The van der Waals surface area contributed by atoms with Gasteiger partial charge in [0.2, 0.25) is 0 Å². The maximum absolute atomic E-state index is 15.0. The highest BCUT2D eigenvalue weighted by molar-refractivity contribution is 6.30. The molecule has 1 aromatic carbocycles. The van der Waals surface area contributed by atoms with Crippen molar-refractivity contribution in [3.05, 3.63) is 80.5 Å². The van der Waals surface area contributed by atoms with E-state index in [9.17, 15) is 4.79 Å². The fraction of sp³-hybridized carbons (Fsp3) is 0.407. The van der Waals surface area contributed by atoms with Gasteiger partial charge in [0.15, 0.2) is 5.65 Å². The summed E-state index contributed by atoms with van der Waals surface area (Å²) in [4.78, 5) is 22.8. The Bertz CT molecular complexity index is 1530. The van der Waals surface area contributed by atoms with Crippen molar-refractivity contribution in [3.8, 4) is 11.3 Å². The maximum atomic E-state index is 15.0. The average Bonchev–Trinajstić information content (AvgIpc) is 3.31. The third-order valence-electron chi connectivity index (χ3n) is 7.63. The number of nitrogens with zero attached hydrogens (tertiary/aromatic N) is 5. The lowest BCUT2D eigenvalue weighted by Gasteiger charge is -2.29. The lowest BCUT2D eigenvalue weighted by Crippen LogP contribution is -2.24. The van der Waals surface area contributed by atoms with Crippen LogP contribution in [-0.4, -0.2) is 30.8 Å². The molecule has 0 amide bonds. The molecule has 0 N–H and O–H groups in total. The topological polar surface area (TPSA) is 74.3 Å². The number of fused-ring (bicyclic) bond motifs is 1. The van der Waals surface area contributed by atoms with Crippen molar-refractivity contribution in [1.29, 1.82) is 0 Å². The molecule has 3 aromatic heterocycles. The van der Waals surface area contributed by atoms with Crippen molar-refractivity contribution in [2.45, 2.75) is 64.0 Å². The number of aryl methyl sites for hydroxylation is 1. The monoisotopic (exact) mass is 507 g/mol. The molecule has 0 bridgehead atoms. The molecular weight excluding hydrogens is 481 g/mol. The summed E-state index contributed by atoms with van der Waals surface area (Å²) in [7, 11) is 0. The second kappa shape index (κ2) is 9.09. The van der Waals surface area contributed by atoms with Crippen molar-refractivity contribution in [2.24, 2.45) is 0 Å². The first-order chi connectivity index (χ1) is 17.4. The van der Waals surface area contributed by atoms with Crippen LogP contribution < -0.4 is 5.56 Å².